The summed E-state index contributed by atoms with van der Waals surface area (Å²) in [5.41, 5.74) is 0.0324. The van der Waals surface area contributed by atoms with Crippen molar-refractivity contribution in [3.8, 4) is 23.1 Å². The zero-order chi connectivity index (χ0) is 18.4. The van der Waals surface area contributed by atoms with E-state index in [0.717, 1.165) is 18.8 Å². The molecule has 0 unspecified atom stereocenters. The van der Waals surface area contributed by atoms with Gasteiger partial charge in [0, 0.05) is 6.20 Å². The fourth-order valence-electron chi connectivity index (χ4n) is 3.28. The molecule has 2 heterocycles. The van der Waals surface area contributed by atoms with Gasteiger partial charge in [-0.1, -0.05) is 38.2 Å². The average Bonchev–Trinajstić information content (AvgIpc) is 2.68. The van der Waals surface area contributed by atoms with Gasteiger partial charge in [-0.3, -0.25) is 4.98 Å². The van der Waals surface area contributed by atoms with Gasteiger partial charge in [0.2, 0.25) is 5.75 Å². The largest absolute Gasteiger partial charge is 0.501 e. The highest BCUT2D eigenvalue weighted by Gasteiger charge is 2.22. The van der Waals surface area contributed by atoms with Crippen molar-refractivity contribution in [3.63, 3.8) is 0 Å². The predicted molar refractivity (Wildman–Crippen MR) is 94.7 cm³/mol. The first kappa shape index (κ1) is 18.1. The normalized spacial score (nSPS) is 14.9. The van der Waals surface area contributed by atoms with Crippen LogP contribution in [0.4, 0.5) is 0 Å². The molecular formula is C19H23N3O4. The number of carbonyl (C=O) groups is 1. The quantitative estimate of drug-likeness (QED) is 0.602. The molecule has 7 nitrogen and oxygen atoms in total. The molecule has 2 N–H and O–H groups in total. The number of hydrogen-bond acceptors (Lipinski definition) is 7. The number of ether oxygens (including phenoxy) is 1. The van der Waals surface area contributed by atoms with Gasteiger partial charge in [-0.15, -0.1) is 0 Å². The molecule has 1 saturated carbocycles. The fraction of sp³-hybridized carbons (Fsp3) is 0.474. The first-order chi connectivity index (χ1) is 12.6. The molecule has 1 aliphatic rings. The van der Waals surface area contributed by atoms with E-state index in [9.17, 15) is 15.0 Å². The fourth-order valence-corrected chi connectivity index (χ4v) is 3.28. The number of rotatable bonds is 6. The summed E-state index contributed by atoms with van der Waals surface area (Å²) in [6.07, 6.45) is 9.76. The Morgan fingerprint density at radius 1 is 1.15 bits per heavy atom. The molecule has 0 atom stereocenters. The Kier molecular flexibility index (Phi) is 5.99. The molecule has 0 radical (unpaired) electrons. The van der Waals surface area contributed by atoms with Crippen LogP contribution in [0.3, 0.4) is 0 Å². The van der Waals surface area contributed by atoms with Crippen LogP contribution in [-0.2, 0) is 4.74 Å². The van der Waals surface area contributed by atoms with Crippen LogP contribution in [0.25, 0.3) is 11.5 Å². The SMILES string of the molecule is O=C(OCCCC1CCCCC1)c1nc(-c2ccccn2)nc(O)c1O. The summed E-state index contributed by atoms with van der Waals surface area (Å²) < 4.78 is 5.23. The summed E-state index contributed by atoms with van der Waals surface area (Å²) in [6, 6.07) is 5.11. The van der Waals surface area contributed by atoms with E-state index in [4.69, 9.17) is 4.74 Å². The van der Waals surface area contributed by atoms with Crippen molar-refractivity contribution in [2.24, 2.45) is 5.92 Å². The third-order valence-electron chi connectivity index (χ3n) is 4.67. The van der Waals surface area contributed by atoms with Gasteiger partial charge in [-0.25, -0.2) is 9.78 Å². The summed E-state index contributed by atoms with van der Waals surface area (Å²) in [4.78, 5) is 24.1. The lowest BCUT2D eigenvalue weighted by molar-refractivity contribution is 0.0479. The topological polar surface area (TPSA) is 105 Å². The number of esters is 1. The molecule has 2 aromatic rings. The van der Waals surface area contributed by atoms with Crippen molar-refractivity contribution in [1.82, 2.24) is 15.0 Å². The summed E-state index contributed by atoms with van der Waals surface area (Å²) >= 11 is 0. The smallest absolute Gasteiger partial charge is 0.361 e. The first-order valence-electron chi connectivity index (χ1n) is 9.03. The van der Waals surface area contributed by atoms with Crippen molar-refractivity contribution >= 4 is 5.97 Å². The Balaban J connectivity index is 1.62. The molecule has 2 aromatic heterocycles. The van der Waals surface area contributed by atoms with Gasteiger partial charge in [0.25, 0.3) is 5.88 Å². The molecule has 0 aliphatic heterocycles. The minimum Gasteiger partial charge on any atom is -0.501 e. The van der Waals surface area contributed by atoms with Gasteiger partial charge in [-0.2, -0.15) is 4.98 Å². The summed E-state index contributed by atoms with van der Waals surface area (Å²) in [6.45, 7) is 0.262. The molecule has 3 rings (SSSR count). The zero-order valence-electron chi connectivity index (χ0n) is 14.6. The molecule has 0 saturated heterocycles. The van der Waals surface area contributed by atoms with E-state index in [1.807, 2.05) is 0 Å². The van der Waals surface area contributed by atoms with Crippen molar-refractivity contribution in [2.75, 3.05) is 6.61 Å². The van der Waals surface area contributed by atoms with Gasteiger partial charge >= 0.3 is 5.97 Å². The van der Waals surface area contributed by atoms with Crippen LogP contribution in [0.1, 0.15) is 55.4 Å². The van der Waals surface area contributed by atoms with E-state index in [0.29, 0.717) is 5.69 Å². The molecule has 0 aromatic carbocycles. The van der Waals surface area contributed by atoms with Crippen LogP contribution < -0.4 is 0 Å². The van der Waals surface area contributed by atoms with Crippen molar-refractivity contribution in [3.05, 3.63) is 30.1 Å². The average molecular weight is 357 g/mol. The van der Waals surface area contributed by atoms with E-state index in [1.165, 1.54) is 32.1 Å². The van der Waals surface area contributed by atoms with Crippen molar-refractivity contribution in [2.45, 2.75) is 44.9 Å². The van der Waals surface area contributed by atoms with Gasteiger partial charge in [0.15, 0.2) is 11.5 Å². The first-order valence-corrected chi connectivity index (χ1v) is 9.03. The summed E-state index contributed by atoms with van der Waals surface area (Å²) in [5, 5.41) is 19.7. The van der Waals surface area contributed by atoms with E-state index in [1.54, 1.807) is 24.4 Å². The molecule has 26 heavy (non-hydrogen) atoms. The van der Waals surface area contributed by atoms with Crippen LogP contribution >= 0.6 is 0 Å². The minimum absolute atomic E-state index is 0.0510. The van der Waals surface area contributed by atoms with Gasteiger partial charge in [0.1, 0.15) is 5.69 Å². The van der Waals surface area contributed by atoms with E-state index in [-0.39, 0.29) is 18.1 Å². The van der Waals surface area contributed by atoms with Crippen LogP contribution in [0.2, 0.25) is 0 Å². The highest BCUT2D eigenvalue weighted by Crippen LogP contribution is 2.29. The highest BCUT2D eigenvalue weighted by molar-refractivity contribution is 5.91. The molecule has 1 aliphatic carbocycles. The van der Waals surface area contributed by atoms with Gasteiger partial charge in [-0.05, 0) is 30.9 Å². The lowest BCUT2D eigenvalue weighted by Gasteiger charge is -2.21. The van der Waals surface area contributed by atoms with Gasteiger partial charge < -0.3 is 14.9 Å². The standard InChI is InChI=1S/C19H23N3O4/c23-16-15(19(25)26-12-6-9-13-7-2-1-3-8-13)21-17(22-18(16)24)14-10-4-5-11-20-14/h4-5,10-11,13,23H,1-3,6-9,12H2,(H,21,22,24). The Morgan fingerprint density at radius 3 is 2.69 bits per heavy atom. The maximum absolute atomic E-state index is 12.2. The lowest BCUT2D eigenvalue weighted by Crippen LogP contribution is -2.12. The maximum atomic E-state index is 12.2. The molecule has 138 valence electrons. The molecule has 0 spiro atoms. The van der Waals surface area contributed by atoms with Crippen LogP contribution in [-0.4, -0.2) is 37.7 Å². The molecule has 0 bridgehead atoms. The van der Waals surface area contributed by atoms with Crippen LogP contribution in [0.15, 0.2) is 24.4 Å². The summed E-state index contributed by atoms with van der Waals surface area (Å²) in [5.74, 6) is -1.36. The molecule has 1 fully saturated rings. The number of carbonyl (C=O) groups excluding carboxylic acids is 1. The summed E-state index contributed by atoms with van der Waals surface area (Å²) in [7, 11) is 0. The Morgan fingerprint density at radius 2 is 1.96 bits per heavy atom. The second-order valence-corrected chi connectivity index (χ2v) is 6.57. The predicted octanol–water partition coefficient (Wildman–Crippen LogP) is 3.47. The lowest BCUT2D eigenvalue weighted by atomic mass is 9.86. The molecule has 0 amide bonds. The maximum Gasteiger partial charge on any atom is 0.361 e. The van der Waals surface area contributed by atoms with Crippen molar-refractivity contribution < 1.29 is 19.7 Å². The third kappa shape index (κ3) is 4.47. The Labute approximate surface area is 152 Å². The number of aromatic hydroxyl groups is 2. The van der Waals surface area contributed by atoms with Crippen molar-refractivity contribution in [1.29, 1.82) is 0 Å². The van der Waals surface area contributed by atoms with Crippen LogP contribution in [0, 0.1) is 5.92 Å². The van der Waals surface area contributed by atoms with E-state index < -0.39 is 17.6 Å². The molecular weight excluding hydrogens is 334 g/mol. The number of nitrogens with zero attached hydrogens (tertiary/aromatic N) is 3. The zero-order valence-corrected chi connectivity index (χ0v) is 14.6. The minimum atomic E-state index is -0.777. The third-order valence-corrected chi connectivity index (χ3v) is 4.67. The van der Waals surface area contributed by atoms with Gasteiger partial charge in [0.05, 0.1) is 6.61 Å². The van der Waals surface area contributed by atoms with E-state index in [2.05, 4.69) is 15.0 Å². The second-order valence-electron chi connectivity index (χ2n) is 6.57. The number of hydrogen-bond donors (Lipinski definition) is 2. The highest BCUT2D eigenvalue weighted by atomic mass is 16.5. The Hall–Kier alpha value is -2.70. The Bertz CT molecular complexity index is 746. The van der Waals surface area contributed by atoms with Crippen LogP contribution in [0.5, 0.6) is 11.6 Å². The van der Waals surface area contributed by atoms with E-state index >= 15 is 0 Å². The monoisotopic (exact) mass is 357 g/mol. The molecule has 7 heteroatoms. The second kappa shape index (κ2) is 8.60. The number of pyridine rings is 1. The number of aromatic nitrogens is 3.